The molecule has 1 saturated heterocycles. The molecule has 2 fully saturated rings. The van der Waals surface area contributed by atoms with E-state index in [2.05, 4.69) is 11.5 Å². The summed E-state index contributed by atoms with van der Waals surface area (Å²) in [6.45, 7) is 6.57. The van der Waals surface area contributed by atoms with Crippen LogP contribution in [0.25, 0.3) is 0 Å². The van der Waals surface area contributed by atoms with Crippen molar-refractivity contribution in [3.63, 3.8) is 0 Å². The van der Waals surface area contributed by atoms with E-state index in [1.165, 1.54) is 5.56 Å². The van der Waals surface area contributed by atoms with Gasteiger partial charge in [0.1, 0.15) is 6.10 Å². The van der Waals surface area contributed by atoms with Gasteiger partial charge in [-0.05, 0) is 43.9 Å². The van der Waals surface area contributed by atoms with Gasteiger partial charge in [0.2, 0.25) is 0 Å². The third-order valence-corrected chi connectivity index (χ3v) is 7.50. The Morgan fingerprint density at radius 1 is 1.26 bits per heavy atom. The summed E-state index contributed by atoms with van der Waals surface area (Å²) in [7, 11) is 1.66. The van der Waals surface area contributed by atoms with Crippen molar-refractivity contribution in [2.24, 2.45) is 0 Å². The minimum atomic E-state index is -0.897. The summed E-state index contributed by atoms with van der Waals surface area (Å²) in [5.41, 5.74) is 0.768. The van der Waals surface area contributed by atoms with Gasteiger partial charge in [0.25, 0.3) is 0 Å². The van der Waals surface area contributed by atoms with Crippen LogP contribution in [0.2, 0.25) is 0 Å². The number of nitrogens with zero attached hydrogens (tertiary/aromatic N) is 1. The first kappa shape index (κ1) is 25.7. The second kappa shape index (κ2) is 9.10. The van der Waals surface area contributed by atoms with Crippen LogP contribution < -0.4 is 4.74 Å². The van der Waals surface area contributed by atoms with Gasteiger partial charge in [0, 0.05) is 25.3 Å². The number of rotatable bonds is 6. The largest absolute Gasteiger partial charge is 0.504 e. The van der Waals surface area contributed by atoms with Crippen LogP contribution in [0.1, 0.15) is 52.7 Å². The highest BCUT2D eigenvalue weighted by Crippen LogP contribution is 2.65. The molecule has 4 aliphatic rings. The summed E-state index contributed by atoms with van der Waals surface area (Å²) >= 11 is 0. The second-order valence-electron chi connectivity index (χ2n) is 8.58. The quantitative estimate of drug-likeness (QED) is 0.525. The number of phenolic OH excluding ortho intramolecular Hbond substituents is 1. The number of hydrogen-bond donors (Lipinski definition) is 2. The van der Waals surface area contributed by atoms with Crippen molar-refractivity contribution >= 4 is 0 Å². The highest BCUT2D eigenvalue weighted by atomic mass is 16.6. The Morgan fingerprint density at radius 3 is 2.74 bits per heavy atom. The minimum Gasteiger partial charge on any atom is -0.504 e. The molecule has 0 amide bonds. The highest BCUT2D eigenvalue weighted by Gasteiger charge is 2.73. The van der Waals surface area contributed by atoms with Crippen LogP contribution in [0, 0.1) is 0 Å². The minimum absolute atomic E-state index is 0. The summed E-state index contributed by atoms with van der Waals surface area (Å²) in [6, 6.07) is 3.75. The van der Waals surface area contributed by atoms with Gasteiger partial charge < -0.3 is 24.4 Å². The Balaban J connectivity index is 0.00000114. The molecule has 1 aromatic carbocycles. The van der Waals surface area contributed by atoms with Gasteiger partial charge in [-0.3, -0.25) is 4.90 Å². The number of hydrogen-bond acceptors (Lipinski definition) is 6. The first-order valence-corrected chi connectivity index (χ1v) is 10.3. The normalized spacial score (nSPS) is 34.3. The van der Waals surface area contributed by atoms with E-state index in [0.29, 0.717) is 25.4 Å². The highest BCUT2D eigenvalue weighted by molar-refractivity contribution is 5.62. The number of piperidine rings is 1. The van der Waals surface area contributed by atoms with Crippen LogP contribution in [0.3, 0.4) is 0 Å². The number of ether oxygens (including phenoxy) is 3. The molecule has 31 heavy (non-hydrogen) atoms. The number of benzene rings is 1. The Bertz CT molecular complexity index is 798. The fourth-order valence-corrected chi connectivity index (χ4v) is 6.42. The molecule has 1 aromatic rings. The number of methoxy groups -OCH3 is 1. The summed E-state index contributed by atoms with van der Waals surface area (Å²) in [5.74, 6) is 0.714. The third-order valence-electron chi connectivity index (χ3n) is 7.50. The molecule has 2 bridgehead atoms. The number of aliphatic hydroxyl groups is 1. The van der Waals surface area contributed by atoms with Gasteiger partial charge >= 0.3 is 0 Å². The van der Waals surface area contributed by atoms with E-state index in [9.17, 15) is 10.2 Å². The Kier molecular flexibility index (Phi) is 7.53. The molecule has 1 unspecified atom stereocenters. The Hall–Kier alpha value is -1.60. The molecule has 2 aliphatic carbocycles. The molecule has 1 saturated carbocycles. The molecule has 1 spiro atoms. The topological polar surface area (TPSA) is 71.4 Å². The lowest BCUT2D eigenvalue weighted by Gasteiger charge is -2.64. The summed E-state index contributed by atoms with van der Waals surface area (Å²) in [5, 5.41) is 22.7. The van der Waals surface area contributed by atoms with Crippen molar-refractivity contribution in [3.05, 3.63) is 35.9 Å². The van der Waals surface area contributed by atoms with Crippen molar-refractivity contribution in [3.8, 4) is 11.5 Å². The van der Waals surface area contributed by atoms with E-state index in [-0.39, 0.29) is 46.3 Å². The van der Waals surface area contributed by atoms with Crippen LogP contribution in [-0.4, -0.2) is 72.4 Å². The van der Waals surface area contributed by atoms with Crippen LogP contribution in [0.5, 0.6) is 11.5 Å². The van der Waals surface area contributed by atoms with Gasteiger partial charge in [-0.15, -0.1) is 6.58 Å². The van der Waals surface area contributed by atoms with Crippen LogP contribution in [0.15, 0.2) is 24.8 Å². The van der Waals surface area contributed by atoms with Crippen LogP contribution in [0.4, 0.5) is 0 Å². The van der Waals surface area contributed by atoms with Crippen molar-refractivity contribution in [1.29, 1.82) is 0 Å². The van der Waals surface area contributed by atoms with E-state index < -0.39 is 11.0 Å². The molecule has 0 radical (unpaired) electrons. The predicted octanol–water partition coefficient (Wildman–Crippen LogP) is 3.67. The molecular weight excluding hydrogens is 394 g/mol. The molecule has 6 heteroatoms. The van der Waals surface area contributed by atoms with Gasteiger partial charge in [-0.2, -0.15) is 0 Å². The lowest BCUT2D eigenvalue weighted by atomic mass is 9.48. The lowest BCUT2D eigenvalue weighted by molar-refractivity contribution is -0.214. The summed E-state index contributed by atoms with van der Waals surface area (Å²) in [6.07, 6.45) is 4.44. The maximum absolute atomic E-state index is 12.2. The van der Waals surface area contributed by atoms with E-state index >= 15 is 0 Å². The average Bonchev–Trinajstić information content (AvgIpc) is 3.03. The van der Waals surface area contributed by atoms with Crippen LogP contribution >= 0.6 is 0 Å². The van der Waals surface area contributed by atoms with E-state index in [0.717, 1.165) is 37.9 Å². The number of likely N-dealkylation sites (tertiary alicyclic amines) is 1. The molecule has 5 atom stereocenters. The summed E-state index contributed by atoms with van der Waals surface area (Å²) < 4.78 is 17.7. The van der Waals surface area contributed by atoms with Crippen molar-refractivity contribution < 1.29 is 24.4 Å². The van der Waals surface area contributed by atoms with E-state index in [1.807, 2.05) is 12.1 Å². The average molecular weight is 436 g/mol. The molecule has 2 heterocycles. The fourth-order valence-electron chi connectivity index (χ4n) is 6.42. The first-order chi connectivity index (χ1) is 13.6. The molecule has 176 valence electrons. The van der Waals surface area contributed by atoms with Gasteiger partial charge in [0.15, 0.2) is 11.5 Å². The first-order valence-electron chi connectivity index (χ1n) is 10.3. The van der Waals surface area contributed by atoms with E-state index in [4.69, 9.17) is 14.2 Å². The zero-order chi connectivity index (χ0) is 19.5. The van der Waals surface area contributed by atoms with E-state index in [1.54, 1.807) is 13.2 Å². The molecular formula is C25H41NO5. The standard InChI is InChI=1S/C22H29NO5.3CH4/c1-3-9-23-10-8-21-18-14-4-5-15(24)19(18)28-20(21)16(27-12-11-26-2)6-7-22(21,25)17(23)13-14;;;/h3-5,16-17,20,24-25H,1,6-13H2,2H3;3*1H4/t16-,17?,20-,21-,22+;;;/m0.../s1. The second-order valence-corrected chi connectivity index (χ2v) is 8.58. The van der Waals surface area contributed by atoms with Crippen molar-refractivity contribution in [2.45, 2.75) is 77.2 Å². The molecule has 5 rings (SSSR count). The predicted molar refractivity (Wildman–Crippen MR) is 124 cm³/mol. The summed E-state index contributed by atoms with van der Waals surface area (Å²) in [4.78, 5) is 2.36. The molecule has 2 aliphatic heterocycles. The maximum Gasteiger partial charge on any atom is 0.165 e. The van der Waals surface area contributed by atoms with Gasteiger partial charge in [-0.25, -0.2) is 0 Å². The SMILES string of the molecule is C.C.C.C=CCN1CC[C@]23c4c5ccc(O)c4O[C@H]2[C@@H](OCCOC)CC[C@@]3(O)C1C5. The Morgan fingerprint density at radius 2 is 2.03 bits per heavy atom. The monoisotopic (exact) mass is 435 g/mol. The number of phenols is 1. The molecule has 0 aromatic heterocycles. The smallest absolute Gasteiger partial charge is 0.165 e. The number of aromatic hydroxyl groups is 1. The molecule has 6 nitrogen and oxygen atoms in total. The lowest BCUT2D eigenvalue weighted by Crippen LogP contribution is -2.77. The Labute approximate surface area is 187 Å². The van der Waals surface area contributed by atoms with Crippen molar-refractivity contribution in [1.82, 2.24) is 4.90 Å². The molecule has 2 N–H and O–H groups in total. The zero-order valence-electron chi connectivity index (χ0n) is 16.4. The zero-order valence-corrected chi connectivity index (χ0v) is 16.4. The fraction of sp³-hybridized carbons (Fsp3) is 0.680. The third kappa shape index (κ3) is 3.22. The van der Waals surface area contributed by atoms with Crippen LogP contribution in [-0.2, 0) is 21.3 Å². The van der Waals surface area contributed by atoms with Crippen molar-refractivity contribution in [2.75, 3.05) is 33.4 Å². The van der Waals surface area contributed by atoms with Gasteiger partial charge in [0.05, 0.1) is 30.3 Å². The maximum atomic E-state index is 12.2. The van der Waals surface area contributed by atoms with Gasteiger partial charge in [-0.1, -0.05) is 34.4 Å².